The number of nitrogens with zero attached hydrogens (tertiary/aromatic N) is 2. The van der Waals surface area contributed by atoms with Gasteiger partial charge in [-0.3, -0.25) is 13.9 Å². The quantitative estimate of drug-likeness (QED) is 0.246. The molecule has 0 aliphatic carbocycles. The molecule has 7 nitrogen and oxygen atoms in total. The summed E-state index contributed by atoms with van der Waals surface area (Å²) in [5.41, 5.74) is 3.76. The average molecular weight is 584 g/mol. The monoisotopic (exact) mass is 583 g/mol. The highest BCUT2D eigenvalue weighted by atomic mass is 32.2. The highest BCUT2D eigenvalue weighted by Gasteiger charge is 2.34. The number of aryl methyl sites for hydroxylation is 2. The first kappa shape index (κ1) is 30.5. The van der Waals surface area contributed by atoms with Gasteiger partial charge in [0.2, 0.25) is 11.8 Å². The van der Waals surface area contributed by atoms with Crippen LogP contribution in [0.4, 0.5) is 5.69 Å². The summed E-state index contributed by atoms with van der Waals surface area (Å²) in [6, 6.07) is 31.7. The van der Waals surface area contributed by atoms with Gasteiger partial charge in [-0.15, -0.1) is 0 Å². The molecule has 0 aromatic heterocycles. The van der Waals surface area contributed by atoms with Crippen molar-refractivity contribution in [3.05, 3.63) is 131 Å². The Bertz CT molecular complexity index is 1590. The van der Waals surface area contributed by atoms with Crippen LogP contribution in [0.3, 0.4) is 0 Å². The van der Waals surface area contributed by atoms with Gasteiger partial charge in [0.15, 0.2) is 0 Å². The number of para-hydroxylation sites is 1. The lowest BCUT2D eigenvalue weighted by molar-refractivity contribution is -0.140. The van der Waals surface area contributed by atoms with Gasteiger partial charge in [-0.25, -0.2) is 8.42 Å². The molecule has 0 spiro atoms. The van der Waals surface area contributed by atoms with Crippen molar-refractivity contribution in [2.75, 3.05) is 17.4 Å². The van der Waals surface area contributed by atoms with Crippen LogP contribution in [-0.4, -0.2) is 44.3 Å². The highest BCUT2D eigenvalue weighted by molar-refractivity contribution is 7.92. The predicted molar refractivity (Wildman–Crippen MR) is 166 cm³/mol. The zero-order valence-electron chi connectivity index (χ0n) is 24.2. The molecule has 0 heterocycles. The van der Waals surface area contributed by atoms with E-state index in [2.05, 4.69) is 5.32 Å². The summed E-state index contributed by atoms with van der Waals surface area (Å²) in [5.74, 6) is -0.778. The number of sulfonamides is 1. The number of hydrogen-bond acceptors (Lipinski definition) is 4. The Hall–Kier alpha value is -4.43. The topological polar surface area (TPSA) is 86.8 Å². The summed E-state index contributed by atoms with van der Waals surface area (Å²) >= 11 is 0. The second-order valence-corrected chi connectivity index (χ2v) is 12.1. The molecule has 8 heteroatoms. The minimum Gasteiger partial charge on any atom is -0.355 e. The third-order valence-electron chi connectivity index (χ3n) is 7.09. The third kappa shape index (κ3) is 7.44. The highest BCUT2D eigenvalue weighted by Crippen LogP contribution is 2.28. The lowest BCUT2D eigenvalue weighted by Gasteiger charge is -2.34. The second kappa shape index (κ2) is 14.0. The van der Waals surface area contributed by atoms with E-state index >= 15 is 0 Å². The lowest BCUT2D eigenvalue weighted by atomic mass is 10.0. The van der Waals surface area contributed by atoms with Gasteiger partial charge in [0.25, 0.3) is 10.0 Å². The Labute approximate surface area is 248 Å². The van der Waals surface area contributed by atoms with Crippen molar-refractivity contribution in [2.24, 2.45) is 0 Å². The van der Waals surface area contributed by atoms with E-state index < -0.39 is 28.5 Å². The molecule has 2 amide bonds. The molecule has 0 saturated heterocycles. The number of benzene rings is 4. The van der Waals surface area contributed by atoms with Gasteiger partial charge in [0.1, 0.15) is 12.6 Å². The van der Waals surface area contributed by atoms with Gasteiger partial charge in [0.05, 0.1) is 10.6 Å². The minimum absolute atomic E-state index is 0.0864. The van der Waals surface area contributed by atoms with Crippen molar-refractivity contribution in [3.8, 4) is 0 Å². The van der Waals surface area contributed by atoms with E-state index in [0.717, 1.165) is 21.0 Å². The molecule has 0 aliphatic heterocycles. The van der Waals surface area contributed by atoms with E-state index in [1.807, 2.05) is 93.6 Å². The molecule has 1 N–H and O–H groups in total. The van der Waals surface area contributed by atoms with Crippen LogP contribution in [0, 0.1) is 13.8 Å². The summed E-state index contributed by atoms with van der Waals surface area (Å²) in [4.78, 5) is 29.5. The summed E-state index contributed by atoms with van der Waals surface area (Å²) in [6.45, 7) is 5.59. The number of likely N-dealkylation sites (N-methyl/N-ethyl adjacent to an activating group) is 1. The van der Waals surface area contributed by atoms with E-state index in [1.165, 1.54) is 4.90 Å². The fourth-order valence-electron chi connectivity index (χ4n) is 4.82. The van der Waals surface area contributed by atoms with Crippen LogP contribution in [0.2, 0.25) is 0 Å². The number of anilines is 1. The van der Waals surface area contributed by atoms with Crippen LogP contribution in [0.25, 0.3) is 0 Å². The molecule has 0 unspecified atom stereocenters. The molecule has 0 saturated carbocycles. The Morgan fingerprint density at radius 2 is 1.33 bits per heavy atom. The summed E-state index contributed by atoms with van der Waals surface area (Å²) in [7, 11) is -4.12. The molecular weight excluding hydrogens is 546 g/mol. The maximum Gasteiger partial charge on any atom is 0.264 e. The molecule has 0 bridgehead atoms. The predicted octanol–water partition coefficient (Wildman–Crippen LogP) is 5.27. The maximum absolute atomic E-state index is 14.4. The van der Waals surface area contributed by atoms with Crippen molar-refractivity contribution < 1.29 is 18.0 Å². The van der Waals surface area contributed by atoms with Gasteiger partial charge in [0, 0.05) is 19.5 Å². The molecule has 0 fully saturated rings. The Balaban J connectivity index is 1.79. The van der Waals surface area contributed by atoms with E-state index in [-0.39, 0.29) is 23.8 Å². The van der Waals surface area contributed by atoms with Gasteiger partial charge in [-0.05, 0) is 55.7 Å². The van der Waals surface area contributed by atoms with Gasteiger partial charge < -0.3 is 10.2 Å². The fraction of sp³-hybridized carbons (Fsp3) is 0.235. The average Bonchev–Trinajstić information content (AvgIpc) is 2.99. The fourth-order valence-corrected chi connectivity index (χ4v) is 6.30. The van der Waals surface area contributed by atoms with E-state index in [9.17, 15) is 18.0 Å². The van der Waals surface area contributed by atoms with Crippen LogP contribution in [0.5, 0.6) is 0 Å². The number of nitrogens with one attached hydrogen (secondary N) is 1. The Morgan fingerprint density at radius 1 is 0.762 bits per heavy atom. The lowest BCUT2D eigenvalue weighted by Crippen LogP contribution is -2.53. The standard InChI is InChI=1S/C34H37N3O4S/c1-4-35-34(39)32(23-28-14-7-5-8-15-28)36(24-29-16-9-6-10-17-29)33(38)25-37(31-18-12-11-13-27(31)3)42(40,41)30-21-19-26(2)20-22-30/h5-22,32H,4,23-25H2,1-3H3,(H,35,39)/t32-/m1/s1. The van der Waals surface area contributed by atoms with Crippen molar-refractivity contribution in [1.82, 2.24) is 10.2 Å². The van der Waals surface area contributed by atoms with Crippen LogP contribution in [0.15, 0.2) is 114 Å². The molecule has 0 aliphatic rings. The minimum atomic E-state index is -4.12. The number of carbonyl (C=O) groups excluding carboxylic acids is 2. The van der Waals surface area contributed by atoms with E-state index in [0.29, 0.717) is 17.8 Å². The van der Waals surface area contributed by atoms with Gasteiger partial charge in [-0.1, -0.05) is 96.6 Å². The van der Waals surface area contributed by atoms with Crippen molar-refractivity contribution in [1.29, 1.82) is 0 Å². The van der Waals surface area contributed by atoms with Gasteiger partial charge >= 0.3 is 0 Å². The first-order valence-corrected chi connectivity index (χ1v) is 15.4. The van der Waals surface area contributed by atoms with Crippen molar-refractivity contribution in [3.63, 3.8) is 0 Å². The van der Waals surface area contributed by atoms with Crippen LogP contribution < -0.4 is 9.62 Å². The first-order valence-electron chi connectivity index (χ1n) is 14.0. The normalized spacial score (nSPS) is 11.9. The Kier molecular flexibility index (Phi) is 10.1. The largest absolute Gasteiger partial charge is 0.355 e. The molecule has 1 atom stereocenters. The number of rotatable bonds is 12. The first-order chi connectivity index (χ1) is 20.2. The summed E-state index contributed by atoms with van der Waals surface area (Å²) < 4.78 is 29.3. The zero-order chi connectivity index (χ0) is 30.1. The molecule has 218 valence electrons. The molecule has 42 heavy (non-hydrogen) atoms. The molecule has 4 rings (SSSR count). The molecular formula is C34H37N3O4S. The number of hydrogen-bond donors (Lipinski definition) is 1. The smallest absolute Gasteiger partial charge is 0.264 e. The zero-order valence-corrected chi connectivity index (χ0v) is 25.1. The molecule has 4 aromatic rings. The number of carbonyl (C=O) groups is 2. The summed E-state index contributed by atoms with van der Waals surface area (Å²) in [6.07, 6.45) is 0.278. The van der Waals surface area contributed by atoms with Crippen LogP contribution >= 0.6 is 0 Å². The van der Waals surface area contributed by atoms with Crippen molar-refractivity contribution >= 4 is 27.5 Å². The van der Waals surface area contributed by atoms with Crippen molar-refractivity contribution in [2.45, 2.75) is 44.7 Å². The Morgan fingerprint density at radius 3 is 1.93 bits per heavy atom. The second-order valence-electron chi connectivity index (χ2n) is 10.2. The third-order valence-corrected chi connectivity index (χ3v) is 8.86. The number of amides is 2. The summed E-state index contributed by atoms with van der Waals surface area (Å²) in [5, 5.41) is 2.88. The maximum atomic E-state index is 14.4. The van der Waals surface area contributed by atoms with Crippen LogP contribution in [-0.2, 0) is 32.6 Å². The SMILES string of the molecule is CCNC(=O)[C@@H](Cc1ccccc1)N(Cc1ccccc1)C(=O)CN(c1ccccc1C)S(=O)(=O)c1ccc(C)cc1. The van der Waals surface area contributed by atoms with E-state index in [1.54, 1.807) is 36.4 Å². The molecule has 4 aromatic carbocycles. The van der Waals surface area contributed by atoms with Gasteiger partial charge in [-0.2, -0.15) is 0 Å². The molecule has 0 radical (unpaired) electrons. The van der Waals surface area contributed by atoms with E-state index in [4.69, 9.17) is 0 Å². The van der Waals surface area contributed by atoms with Crippen LogP contribution in [0.1, 0.15) is 29.2 Å².